The van der Waals surface area contributed by atoms with Gasteiger partial charge in [0.05, 0.1) is 6.04 Å². The zero-order valence-corrected chi connectivity index (χ0v) is 18.3. The summed E-state index contributed by atoms with van der Waals surface area (Å²) >= 11 is 0. The topological polar surface area (TPSA) is 116 Å². The second-order valence-electron chi connectivity index (χ2n) is 8.45. The van der Waals surface area contributed by atoms with Gasteiger partial charge in [-0.2, -0.15) is 0 Å². The number of pyridine rings is 1. The zero-order valence-electron chi connectivity index (χ0n) is 18.3. The summed E-state index contributed by atoms with van der Waals surface area (Å²) in [5.41, 5.74) is 1.09. The molecule has 2 aliphatic heterocycles. The van der Waals surface area contributed by atoms with Crippen LogP contribution in [-0.2, 0) is 20.9 Å². The molecule has 2 saturated heterocycles. The van der Waals surface area contributed by atoms with E-state index in [4.69, 9.17) is 4.74 Å². The van der Waals surface area contributed by atoms with E-state index in [1.54, 1.807) is 17.3 Å². The van der Waals surface area contributed by atoms with Crippen LogP contribution in [0.25, 0.3) is 0 Å². The Labute approximate surface area is 182 Å². The summed E-state index contributed by atoms with van der Waals surface area (Å²) in [6.45, 7) is 5.84. The minimum absolute atomic E-state index is 0.0325. The Morgan fingerprint density at radius 1 is 1.19 bits per heavy atom. The van der Waals surface area contributed by atoms with Gasteiger partial charge >= 0.3 is 6.03 Å². The molecule has 2 aliphatic rings. The van der Waals surface area contributed by atoms with E-state index in [9.17, 15) is 14.4 Å². The van der Waals surface area contributed by atoms with Crippen LogP contribution in [-0.4, -0.2) is 90.1 Å². The van der Waals surface area contributed by atoms with Crippen LogP contribution >= 0.6 is 0 Å². The standard InChI is InChI=1S/C21H32N6O4/c1-14(2)23-21(30)24-16-8-17-11-26(9-15-4-6-22-7-5-15)12-18(20(29)27(17)10-16)25-19(28)13-31-3/h4-7,14,16-18H,8-13H2,1-3H3,(H,25,28)(H2,23,24,30)/t16-,17-,18-/m0/s1. The fraction of sp³-hybridized carbons (Fsp3) is 0.619. The molecule has 1 aromatic heterocycles. The summed E-state index contributed by atoms with van der Waals surface area (Å²) in [5, 5.41) is 8.60. The van der Waals surface area contributed by atoms with E-state index < -0.39 is 6.04 Å². The van der Waals surface area contributed by atoms with E-state index in [2.05, 4.69) is 25.8 Å². The zero-order chi connectivity index (χ0) is 22.4. The van der Waals surface area contributed by atoms with Crippen molar-refractivity contribution in [2.45, 2.75) is 51.0 Å². The van der Waals surface area contributed by atoms with Crippen molar-refractivity contribution in [1.82, 2.24) is 30.7 Å². The number of aromatic nitrogens is 1. The van der Waals surface area contributed by atoms with E-state index >= 15 is 0 Å². The van der Waals surface area contributed by atoms with Gasteiger partial charge in [0, 0.05) is 57.8 Å². The van der Waals surface area contributed by atoms with Crippen molar-refractivity contribution < 1.29 is 19.1 Å². The Morgan fingerprint density at radius 2 is 1.94 bits per heavy atom. The van der Waals surface area contributed by atoms with Gasteiger partial charge < -0.3 is 25.6 Å². The number of fused-ring (bicyclic) bond motifs is 1. The molecule has 0 spiro atoms. The molecule has 3 atom stereocenters. The highest BCUT2D eigenvalue weighted by Crippen LogP contribution is 2.24. The Bertz CT molecular complexity index is 774. The minimum atomic E-state index is -0.669. The smallest absolute Gasteiger partial charge is 0.315 e. The van der Waals surface area contributed by atoms with Crippen LogP contribution < -0.4 is 16.0 Å². The quantitative estimate of drug-likeness (QED) is 0.545. The average Bonchev–Trinajstić information content (AvgIpc) is 3.04. The maximum atomic E-state index is 13.3. The van der Waals surface area contributed by atoms with Gasteiger partial charge in [-0.05, 0) is 38.0 Å². The molecule has 0 unspecified atom stereocenters. The number of rotatable bonds is 7. The van der Waals surface area contributed by atoms with E-state index in [0.717, 1.165) is 5.56 Å². The van der Waals surface area contributed by atoms with E-state index in [1.807, 2.05) is 26.0 Å². The number of ether oxygens (including phenoxy) is 1. The molecule has 1 aromatic rings. The number of methoxy groups -OCH3 is 1. The first-order chi connectivity index (χ1) is 14.9. The van der Waals surface area contributed by atoms with Crippen molar-refractivity contribution in [3.05, 3.63) is 30.1 Å². The van der Waals surface area contributed by atoms with Crippen LogP contribution in [0.4, 0.5) is 4.79 Å². The van der Waals surface area contributed by atoms with E-state index in [0.29, 0.717) is 32.6 Å². The van der Waals surface area contributed by atoms with Crippen molar-refractivity contribution >= 4 is 17.8 Å². The third-order valence-corrected chi connectivity index (χ3v) is 5.43. The number of nitrogens with one attached hydrogen (secondary N) is 3. The van der Waals surface area contributed by atoms with Crippen molar-refractivity contribution in [1.29, 1.82) is 0 Å². The molecule has 10 heteroatoms. The Balaban J connectivity index is 1.73. The molecule has 0 aliphatic carbocycles. The lowest BCUT2D eigenvalue weighted by Gasteiger charge is -2.25. The van der Waals surface area contributed by atoms with Gasteiger partial charge in [-0.3, -0.25) is 19.5 Å². The number of hydrogen-bond acceptors (Lipinski definition) is 6. The fourth-order valence-electron chi connectivity index (χ4n) is 4.21. The Hall–Kier alpha value is -2.72. The number of carbonyl (C=O) groups excluding carboxylic acids is 3. The maximum absolute atomic E-state index is 13.3. The third kappa shape index (κ3) is 6.38. The average molecular weight is 433 g/mol. The molecular formula is C21H32N6O4. The third-order valence-electron chi connectivity index (χ3n) is 5.43. The fourth-order valence-corrected chi connectivity index (χ4v) is 4.21. The summed E-state index contributed by atoms with van der Waals surface area (Å²) in [7, 11) is 1.44. The van der Waals surface area contributed by atoms with Crippen LogP contribution in [0, 0.1) is 0 Å². The molecule has 3 N–H and O–H groups in total. The highest BCUT2D eigenvalue weighted by molar-refractivity contribution is 5.89. The summed E-state index contributed by atoms with van der Waals surface area (Å²) in [6.07, 6.45) is 4.15. The second kappa shape index (κ2) is 10.5. The molecule has 2 fully saturated rings. The normalized spacial score (nSPS) is 23.9. The predicted octanol–water partition coefficient (Wildman–Crippen LogP) is -0.294. The van der Waals surface area contributed by atoms with Gasteiger partial charge in [-0.1, -0.05) is 0 Å². The summed E-state index contributed by atoms with van der Waals surface area (Å²) in [6, 6.07) is 2.84. The van der Waals surface area contributed by atoms with Crippen LogP contribution in [0.3, 0.4) is 0 Å². The van der Waals surface area contributed by atoms with Gasteiger partial charge in [0.15, 0.2) is 0 Å². The van der Waals surface area contributed by atoms with Crippen molar-refractivity contribution in [2.75, 3.05) is 33.4 Å². The largest absolute Gasteiger partial charge is 0.375 e. The molecule has 0 radical (unpaired) electrons. The molecule has 0 aromatic carbocycles. The lowest BCUT2D eigenvalue weighted by molar-refractivity contribution is -0.137. The summed E-state index contributed by atoms with van der Waals surface area (Å²) in [4.78, 5) is 45.6. The van der Waals surface area contributed by atoms with E-state index in [1.165, 1.54) is 7.11 Å². The monoisotopic (exact) mass is 432 g/mol. The highest BCUT2D eigenvalue weighted by Gasteiger charge is 2.42. The van der Waals surface area contributed by atoms with Crippen molar-refractivity contribution in [2.24, 2.45) is 0 Å². The first-order valence-electron chi connectivity index (χ1n) is 10.6. The lowest BCUT2D eigenvalue weighted by Crippen LogP contribution is -2.52. The van der Waals surface area contributed by atoms with Crippen LogP contribution in [0.15, 0.2) is 24.5 Å². The summed E-state index contributed by atoms with van der Waals surface area (Å²) in [5.74, 6) is -0.450. The number of carbonyl (C=O) groups is 3. The van der Waals surface area contributed by atoms with Crippen LogP contribution in [0.2, 0.25) is 0 Å². The molecule has 10 nitrogen and oxygen atoms in total. The van der Waals surface area contributed by atoms with Gasteiger partial charge in [-0.15, -0.1) is 0 Å². The van der Waals surface area contributed by atoms with Gasteiger partial charge in [0.2, 0.25) is 11.8 Å². The number of nitrogens with zero attached hydrogens (tertiary/aromatic N) is 3. The van der Waals surface area contributed by atoms with Crippen LogP contribution in [0.5, 0.6) is 0 Å². The minimum Gasteiger partial charge on any atom is -0.375 e. The lowest BCUT2D eigenvalue weighted by atomic mass is 10.1. The molecule has 4 amide bonds. The van der Waals surface area contributed by atoms with Gasteiger partial charge in [0.25, 0.3) is 0 Å². The second-order valence-corrected chi connectivity index (χ2v) is 8.45. The van der Waals surface area contributed by atoms with Gasteiger partial charge in [0.1, 0.15) is 12.6 Å². The predicted molar refractivity (Wildman–Crippen MR) is 114 cm³/mol. The number of hydrogen-bond donors (Lipinski definition) is 3. The molecule has 0 bridgehead atoms. The van der Waals surface area contributed by atoms with E-state index in [-0.39, 0.29) is 42.6 Å². The SMILES string of the molecule is COCC(=O)N[C@H]1CN(Cc2ccncc2)C[C@@H]2C[C@H](NC(=O)NC(C)C)CN2C1=O. The number of amides is 4. The number of urea groups is 1. The first kappa shape index (κ1) is 23.0. The molecule has 3 heterocycles. The molecule has 3 rings (SSSR count). The Kier molecular flexibility index (Phi) is 7.80. The maximum Gasteiger partial charge on any atom is 0.315 e. The van der Waals surface area contributed by atoms with Crippen molar-refractivity contribution in [3.63, 3.8) is 0 Å². The highest BCUT2D eigenvalue weighted by atomic mass is 16.5. The first-order valence-corrected chi connectivity index (χ1v) is 10.6. The summed E-state index contributed by atoms with van der Waals surface area (Å²) < 4.78 is 4.90. The molecule has 0 saturated carbocycles. The Morgan fingerprint density at radius 3 is 2.61 bits per heavy atom. The molecule has 170 valence electrons. The van der Waals surface area contributed by atoms with Crippen molar-refractivity contribution in [3.8, 4) is 0 Å². The van der Waals surface area contributed by atoms with Crippen LogP contribution in [0.1, 0.15) is 25.8 Å². The molecule has 31 heavy (non-hydrogen) atoms. The van der Waals surface area contributed by atoms with Gasteiger partial charge in [-0.25, -0.2) is 4.79 Å². The molecular weight excluding hydrogens is 400 g/mol.